The van der Waals surface area contributed by atoms with E-state index in [0.29, 0.717) is 17.9 Å². The summed E-state index contributed by atoms with van der Waals surface area (Å²) in [7, 11) is 0. The molecule has 0 saturated carbocycles. The van der Waals surface area contributed by atoms with E-state index in [-0.39, 0.29) is 17.6 Å². The van der Waals surface area contributed by atoms with Gasteiger partial charge >= 0.3 is 6.18 Å². The van der Waals surface area contributed by atoms with Crippen molar-refractivity contribution in [2.24, 2.45) is 0 Å². The second-order valence-corrected chi connectivity index (χ2v) is 6.19. The Morgan fingerprint density at radius 1 is 1.35 bits per heavy atom. The minimum absolute atomic E-state index is 0.0842. The van der Waals surface area contributed by atoms with Crippen molar-refractivity contribution in [1.29, 1.82) is 0 Å². The number of aryl methyl sites for hydroxylation is 1. The molecule has 0 fully saturated rings. The van der Waals surface area contributed by atoms with Crippen LogP contribution in [0.15, 0.2) is 30.5 Å². The van der Waals surface area contributed by atoms with E-state index < -0.39 is 11.1 Å². The molecule has 0 spiro atoms. The number of amides is 1. The van der Waals surface area contributed by atoms with Crippen LogP contribution < -0.4 is 10.2 Å². The lowest BCUT2D eigenvalue weighted by molar-refractivity contribution is -0.134. The number of nitrogens with zero attached hydrogens (tertiary/aromatic N) is 2. The lowest BCUT2D eigenvalue weighted by Crippen LogP contribution is -2.39. The van der Waals surface area contributed by atoms with Crippen LogP contribution in [-0.4, -0.2) is 24.0 Å². The SMILES string of the molecule is O=C(CNc1ncc(C(F)(F)F)s1)N1CCCc2ccccc21. The maximum Gasteiger partial charge on any atom is 0.427 e. The van der Waals surface area contributed by atoms with E-state index in [1.165, 1.54) is 0 Å². The predicted octanol–water partition coefficient (Wildman–Crippen LogP) is 3.55. The molecule has 122 valence electrons. The number of nitrogens with one attached hydrogen (secondary N) is 1. The molecule has 0 unspecified atom stereocenters. The summed E-state index contributed by atoms with van der Waals surface area (Å²) in [5.41, 5.74) is 1.99. The van der Waals surface area contributed by atoms with Gasteiger partial charge in [0.05, 0.1) is 12.7 Å². The van der Waals surface area contributed by atoms with Gasteiger partial charge in [0.25, 0.3) is 0 Å². The smallest absolute Gasteiger partial charge is 0.352 e. The molecular weight excluding hydrogens is 327 g/mol. The monoisotopic (exact) mass is 341 g/mol. The van der Waals surface area contributed by atoms with Crippen LogP contribution >= 0.6 is 11.3 Å². The van der Waals surface area contributed by atoms with E-state index >= 15 is 0 Å². The molecule has 1 amide bonds. The summed E-state index contributed by atoms with van der Waals surface area (Å²) in [5, 5.41) is 2.77. The van der Waals surface area contributed by atoms with Gasteiger partial charge in [-0.25, -0.2) is 4.98 Å². The molecule has 0 atom stereocenters. The summed E-state index contributed by atoms with van der Waals surface area (Å²) in [6.45, 7) is 0.530. The molecule has 4 nitrogen and oxygen atoms in total. The molecule has 1 aromatic heterocycles. The Labute approximate surface area is 135 Å². The number of halogens is 3. The summed E-state index contributed by atoms with van der Waals surface area (Å²) in [6, 6.07) is 7.67. The maximum atomic E-state index is 12.5. The van der Waals surface area contributed by atoms with E-state index in [9.17, 15) is 18.0 Å². The second-order valence-electron chi connectivity index (χ2n) is 5.16. The highest BCUT2D eigenvalue weighted by molar-refractivity contribution is 7.15. The lowest BCUT2D eigenvalue weighted by atomic mass is 10.0. The topological polar surface area (TPSA) is 45.2 Å². The van der Waals surface area contributed by atoms with Crippen LogP contribution in [0.2, 0.25) is 0 Å². The van der Waals surface area contributed by atoms with Crippen molar-refractivity contribution in [3.05, 3.63) is 40.9 Å². The summed E-state index contributed by atoms with van der Waals surface area (Å²) < 4.78 is 37.6. The fourth-order valence-corrected chi connectivity index (χ4v) is 3.21. The molecule has 1 aromatic carbocycles. The molecule has 0 radical (unpaired) electrons. The lowest BCUT2D eigenvalue weighted by Gasteiger charge is -2.29. The Balaban J connectivity index is 1.66. The third-order valence-corrected chi connectivity index (χ3v) is 4.59. The Kier molecular flexibility index (Phi) is 4.25. The second kappa shape index (κ2) is 6.19. The molecule has 23 heavy (non-hydrogen) atoms. The predicted molar refractivity (Wildman–Crippen MR) is 82.7 cm³/mol. The molecule has 1 N–H and O–H groups in total. The van der Waals surface area contributed by atoms with Crippen molar-refractivity contribution in [2.75, 3.05) is 23.3 Å². The average molecular weight is 341 g/mol. The standard InChI is InChI=1S/C15H14F3N3OS/c16-15(17,18)12-8-19-14(23-12)20-9-13(22)21-7-3-5-10-4-1-2-6-11(10)21/h1-2,4,6,8H,3,5,7,9H2,(H,19,20). The number of aromatic nitrogens is 1. The number of alkyl halides is 3. The fourth-order valence-electron chi connectivity index (χ4n) is 2.53. The normalized spacial score (nSPS) is 14.5. The van der Waals surface area contributed by atoms with E-state index in [2.05, 4.69) is 10.3 Å². The van der Waals surface area contributed by atoms with Crippen LogP contribution in [0.1, 0.15) is 16.9 Å². The molecule has 0 saturated heterocycles. The van der Waals surface area contributed by atoms with Crippen molar-refractivity contribution >= 4 is 28.1 Å². The van der Waals surface area contributed by atoms with Crippen LogP contribution in [0.25, 0.3) is 0 Å². The van der Waals surface area contributed by atoms with Crippen molar-refractivity contribution in [1.82, 2.24) is 4.98 Å². The number of carbonyl (C=O) groups is 1. The first-order valence-corrected chi connectivity index (χ1v) is 7.92. The van der Waals surface area contributed by atoms with Crippen LogP contribution in [0.5, 0.6) is 0 Å². The number of hydrogen-bond donors (Lipinski definition) is 1. The maximum absolute atomic E-state index is 12.5. The Hall–Kier alpha value is -2.09. The van der Waals surface area contributed by atoms with Gasteiger partial charge in [0.15, 0.2) is 5.13 Å². The fraction of sp³-hybridized carbons (Fsp3) is 0.333. The quantitative estimate of drug-likeness (QED) is 0.929. The summed E-state index contributed by atoms with van der Waals surface area (Å²) in [6.07, 6.45) is -1.84. The molecule has 0 bridgehead atoms. The van der Waals surface area contributed by atoms with Gasteiger partial charge < -0.3 is 10.2 Å². The van der Waals surface area contributed by atoms with Crippen molar-refractivity contribution in [2.45, 2.75) is 19.0 Å². The van der Waals surface area contributed by atoms with Gasteiger partial charge in [-0.05, 0) is 24.5 Å². The van der Waals surface area contributed by atoms with E-state index in [1.54, 1.807) is 4.90 Å². The van der Waals surface area contributed by atoms with E-state index in [4.69, 9.17) is 0 Å². The number of hydrogen-bond acceptors (Lipinski definition) is 4. The van der Waals surface area contributed by atoms with Gasteiger partial charge in [-0.1, -0.05) is 29.5 Å². The zero-order valence-electron chi connectivity index (χ0n) is 12.1. The molecule has 2 aromatic rings. The number of benzene rings is 1. The largest absolute Gasteiger partial charge is 0.427 e. The van der Waals surface area contributed by atoms with Gasteiger partial charge in [0, 0.05) is 12.2 Å². The third-order valence-electron chi connectivity index (χ3n) is 3.59. The Morgan fingerprint density at radius 3 is 2.87 bits per heavy atom. The molecule has 2 heterocycles. The van der Waals surface area contributed by atoms with Crippen LogP contribution in [0.4, 0.5) is 24.0 Å². The van der Waals surface area contributed by atoms with E-state index in [1.807, 2.05) is 24.3 Å². The highest BCUT2D eigenvalue weighted by Gasteiger charge is 2.33. The molecule has 1 aliphatic rings. The zero-order valence-corrected chi connectivity index (χ0v) is 12.9. The minimum atomic E-state index is -4.41. The van der Waals surface area contributed by atoms with Gasteiger partial charge in [-0.15, -0.1) is 0 Å². The number of rotatable bonds is 3. The Bertz CT molecular complexity index is 714. The van der Waals surface area contributed by atoms with Gasteiger partial charge in [0.1, 0.15) is 4.88 Å². The van der Waals surface area contributed by atoms with Crippen LogP contribution in [-0.2, 0) is 17.4 Å². The number of fused-ring (bicyclic) bond motifs is 1. The molecule has 0 aliphatic carbocycles. The van der Waals surface area contributed by atoms with Gasteiger partial charge in [-0.2, -0.15) is 13.2 Å². The van der Waals surface area contributed by atoms with Gasteiger partial charge in [0.2, 0.25) is 5.91 Å². The average Bonchev–Trinajstić information content (AvgIpc) is 3.01. The van der Waals surface area contributed by atoms with Crippen LogP contribution in [0, 0.1) is 0 Å². The molecule has 1 aliphatic heterocycles. The number of anilines is 2. The number of carbonyl (C=O) groups excluding carboxylic acids is 1. The first-order chi connectivity index (χ1) is 10.9. The molecule has 8 heteroatoms. The van der Waals surface area contributed by atoms with Gasteiger partial charge in [-0.3, -0.25) is 4.79 Å². The molecular formula is C15H14F3N3OS. The summed E-state index contributed by atoms with van der Waals surface area (Å²) >= 11 is 0.496. The summed E-state index contributed by atoms with van der Waals surface area (Å²) in [4.78, 5) is 16.9. The molecule has 3 rings (SSSR count). The first-order valence-electron chi connectivity index (χ1n) is 7.10. The van der Waals surface area contributed by atoms with Crippen molar-refractivity contribution in [3.8, 4) is 0 Å². The van der Waals surface area contributed by atoms with Crippen molar-refractivity contribution < 1.29 is 18.0 Å². The highest BCUT2D eigenvalue weighted by atomic mass is 32.1. The zero-order chi connectivity index (χ0) is 16.4. The van der Waals surface area contributed by atoms with E-state index in [0.717, 1.165) is 30.3 Å². The van der Waals surface area contributed by atoms with Crippen molar-refractivity contribution in [3.63, 3.8) is 0 Å². The minimum Gasteiger partial charge on any atom is -0.352 e. The summed E-state index contributed by atoms with van der Waals surface area (Å²) in [5.74, 6) is -0.180. The number of thiazole rings is 1. The van der Waals surface area contributed by atoms with Crippen LogP contribution in [0.3, 0.4) is 0 Å². The highest BCUT2D eigenvalue weighted by Crippen LogP contribution is 2.35. The third kappa shape index (κ3) is 3.47. The number of para-hydroxylation sites is 1. The first kappa shape index (κ1) is 15.8. The Morgan fingerprint density at radius 2 is 2.13 bits per heavy atom.